The third kappa shape index (κ3) is 3.42. The molecule has 2 atom stereocenters. The van der Waals surface area contributed by atoms with Crippen LogP contribution in [0.4, 0.5) is 4.79 Å². The average Bonchev–Trinajstić information content (AvgIpc) is 3.16. The number of nitrogens with zero attached hydrogens (tertiary/aromatic N) is 1. The Bertz CT molecular complexity index is 1180. The van der Waals surface area contributed by atoms with Crippen LogP contribution in [0.5, 0.6) is 0 Å². The molecule has 174 valence electrons. The van der Waals surface area contributed by atoms with Gasteiger partial charge in [-0.05, 0) is 40.3 Å². The number of morpholine rings is 1. The third-order valence-corrected chi connectivity index (χ3v) is 7.75. The van der Waals surface area contributed by atoms with Gasteiger partial charge in [0, 0.05) is 18.8 Å². The zero-order valence-electron chi connectivity index (χ0n) is 19.3. The molecule has 2 fully saturated rings. The lowest BCUT2D eigenvalue weighted by atomic mass is 9.75. The maximum Gasteiger partial charge on any atom is 0.410 e. The number of ether oxygens (including phenoxy) is 2. The Balaban J connectivity index is 1.21. The quantitative estimate of drug-likeness (QED) is 0.604. The first kappa shape index (κ1) is 21.4. The summed E-state index contributed by atoms with van der Waals surface area (Å²) < 4.78 is 11.7. The molecule has 1 aliphatic carbocycles. The van der Waals surface area contributed by atoms with Crippen LogP contribution < -0.4 is 0 Å². The van der Waals surface area contributed by atoms with E-state index in [-0.39, 0.29) is 24.1 Å². The van der Waals surface area contributed by atoms with Crippen LogP contribution in [0.3, 0.4) is 0 Å². The Kier molecular flexibility index (Phi) is 5.19. The minimum absolute atomic E-state index is 0.0288. The van der Waals surface area contributed by atoms with E-state index in [9.17, 15) is 9.90 Å². The molecule has 3 aromatic carbocycles. The molecule has 0 spiro atoms. The molecule has 5 heteroatoms. The van der Waals surface area contributed by atoms with Gasteiger partial charge in [-0.25, -0.2) is 4.79 Å². The van der Waals surface area contributed by atoms with Gasteiger partial charge in [0.15, 0.2) is 0 Å². The minimum Gasteiger partial charge on any atom is -0.448 e. The molecule has 6 rings (SSSR count). The molecule has 0 saturated carbocycles. The molecule has 2 unspecified atom stereocenters. The molecular weight excluding hydrogens is 426 g/mol. The van der Waals surface area contributed by atoms with Crippen LogP contribution >= 0.6 is 0 Å². The highest BCUT2D eigenvalue weighted by Gasteiger charge is 2.50. The lowest BCUT2D eigenvalue weighted by Crippen LogP contribution is -2.62. The smallest absolute Gasteiger partial charge is 0.410 e. The monoisotopic (exact) mass is 455 g/mol. The number of piperidine rings is 1. The van der Waals surface area contributed by atoms with Crippen LogP contribution in [-0.2, 0) is 15.1 Å². The molecule has 2 bridgehead atoms. The summed E-state index contributed by atoms with van der Waals surface area (Å²) in [6.07, 6.45) is 0.573. The number of rotatable bonds is 3. The summed E-state index contributed by atoms with van der Waals surface area (Å²) in [5, 5.41) is 11.6. The van der Waals surface area contributed by atoms with Crippen molar-refractivity contribution < 1.29 is 19.4 Å². The Morgan fingerprint density at radius 2 is 1.50 bits per heavy atom. The van der Waals surface area contributed by atoms with E-state index in [1.165, 1.54) is 22.3 Å². The zero-order chi connectivity index (χ0) is 23.3. The van der Waals surface area contributed by atoms with Crippen molar-refractivity contribution in [2.45, 2.75) is 43.4 Å². The molecule has 2 saturated heterocycles. The van der Waals surface area contributed by atoms with Crippen molar-refractivity contribution in [2.24, 2.45) is 0 Å². The fourth-order valence-electron chi connectivity index (χ4n) is 6.26. The van der Waals surface area contributed by atoms with Crippen LogP contribution in [0.2, 0.25) is 0 Å². The second-order valence-corrected chi connectivity index (χ2v) is 9.81. The highest BCUT2D eigenvalue weighted by atomic mass is 16.6. The Hall–Kier alpha value is -3.15. The Morgan fingerprint density at radius 3 is 2.12 bits per heavy atom. The summed E-state index contributed by atoms with van der Waals surface area (Å²) in [7, 11) is 0. The van der Waals surface area contributed by atoms with E-state index >= 15 is 0 Å². The SMILES string of the molecule is Cc1ccccc1C1(O)CC2COCC(C1)N2C(=O)OCC1c2ccccc2-c2ccccc21. The fraction of sp³-hybridized carbons (Fsp3) is 0.345. The standard InChI is InChI=1S/C29H29NO4/c1-19-8-2-7-13-27(19)29(32)14-20-16-33-17-21(15-29)30(20)28(31)34-18-26-24-11-5-3-9-22(24)23-10-4-6-12-25(23)26/h2-13,20-21,26,32H,14-18H2,1H3. The summed E-state index contributed by atoms with van der Waals surface area (Å²) in [5.41, 5.74) is 5.87. The summed E-state index contributed by atoms with van der Waals surface area (Å²) >= 11 is 0. The zero-order valence-corrected chi connectivity index (χ0v) is 19.3. The van der Waals surface area contributed by atoms with Crippen LogP contribution in [-0.4, -0.2) is 48.0 Å². The van der Waals surface area contributed by atoms with Crippen LogP contribution in [0.25, 0.3) is 11.1 Å². The molecule has 0 aromatic heterocycles. The van der Waals surface area contributed by atoms with Crippen LogP contribution in [0, 0.1) is 6.92 Å². The number of fused-ring (bicyclic) bond motifs is 5. The second kappa shape index (κ2) is 8.26. The van der Waals surface area contributed by atoms with E-state index in [0.717, 1.165) is 11.1 Å². The number of carbonyl (C=O) groups is 1. The number of amides is 1. The molecule has 2 aliphatic heterocycles. The van der Waals surface area contributed by atoms with Gasteiger partial charge in [0.05, 0.1) is 30.9 Å². The predicted molar refractivity (Wildman–Crippen MR) is 130 cm³/mol. The topological polar surface area (TPSA) is 59.0 Å². The van der Waals surface area contributed by atoms with Gasteiger partial charge in [0.1, 0.15) is 6.61 Å². The van der Waals surface area contributed by atoms with Gasteiger partial charge in [-0.2, -0.15) is 0 Å². The average molecular weight is 456 g/mol. The molecule has 3 aliphatic rings. The number of hydrogen-bond donors (Lipinski definition) is 1. The van der Waals surface area contributed by atoms with Gasteiger partial charge >= 0.3 is 6.09 Å². The van der Waals surface area contributed by atoms with Crippen LogP contribution in [0.15, 0.2) is 72.8 Å². The third-order valence-electron chi connectivity index (χ3n) is 7.75. The van der Waals surface area contributed by atoms with Crippen molar-refractivity contribution in [3.63, 3.8) is 0 Å². The maximum absolute atomic E-state index is 13.4. The van der Waals surface area contributed by atoms with Gasteiger partial charge in [-0.15, -0.1) is 0 Å². The largest absolute Gasteiger partial charge is 0.448 e. The molecular formula is C29H29NO4. The van der Waals surface area contributed by atoms with Crippen molar-refractivity contribution in [1.82, 2.24) is 4.90 Å². The molecule has 2 heterocycles. The lowest BCUT2D eigenvalue weighted by molar-refractivity contribution is -0.136. The highest BCUT2D eigenvalue weighted by Crippen LogP contribution is 2.45. The van der Waals surface area contributed by atoms with Crippen molar-refractivity contribution in [1.29, 1.82) is 0 Å². The minimum atomic E-state index is -0.968. The highest BCUT2D eigenvalue weighted by molar-refractivity contribution is 5.79. The van der Waals surface area contributed by atoms with Crippen molar-refractivity contribution in [3.05, 3.63) is 95.1 Å². The van der Waals surface area contributed by atoms with E-state index in [4.69, 9.17) is 9.47 Å². The van der Waals surface area contributed by atoms with Gasteiger partial charge in [-0.1, -0.05) is 72.8 Å². The van der Waals surface area contributed by atoms with E-state index in [0.29, 0.717) is 32.7 Å². The molecule has 0 radical (unpaired) electrons. The Labute approximate surface area is 199 Å². The van der Waals surface area contributed by atoms with Gasteiger partial charge in [0.25, 0.3) is 0 Å². The first-order chi connectivity index (χ1) is 16.5. The fourth-order valence-corrected chi connectivity index (χ4v) is 6.26. The number of aryl methyl sites for hydroxylation is 1. The summed E-state index contributed by atoms with van der Waals surface area (Å²) in [5.74, 6) is 0.0288. The lowest BCUT2D eigenvalue weighted by Gasteiger charge is -2.51. The van der Waals surface area contributed by atoms with Crippen molar-refractivity contribution >= 4 is 6.09 Å². The summed E-state index contributed by atoms with van der Waals surface area (Å²) in [6, 6.07) is 24.2. The summed E-state index contributed by atoms with van der Waals surface area (Å²) in [4.78, 5) is 15.2. The number of aliphatic hydroxyl groups is 1. The van der Waals surface area contributed by atoms with Crippen molar-refractivity contribution in [3.8, 4) is 11.1 Å². The van der Waals surface area contributed by atoms with Crippen molar-refractivity contribution in [2.75, 3.05) is 19.8 Å². The van der Waals surface area contributed by atoms with Gasteiger partial charge < -0.3 is 14.6 Å². The van der Waals surface area contributed by atoms with E-state index < -0.39 is 5.60 Å². The van der Waals surface area contributed by atoms with Gasteiger partial charge in [0.2, 0.25) is 0 Å². The predicted octanol–water partition coefficient (Wildman–Crippen LogP) is 4.99. The van der Waals surface area contributed by atoms with E-state index in [2.05, 4.69) is 36.4 Å². The number of hydrogen-bond acceptors (Lipinski definition) is 4. The summed E-state index contributed by atoms with van der Waals surface area (Å²) in [6.45, 7) is 3.15. The maximum atomic E-state index is 13.4. The van der Waals surface area contributed by atoms with E-state index in [1.54, 1.807) is 0 Å². The van der Waals surface area contributed by atoms with E-state index in [1.807, 2.05) is 48.2 Å². The van der Waals surface area contributed by atoms with Crippen LogP contribution in [0.1, 0.15) is 41.0 Å². The van der Waals surface area contributed by atoms with Gasteiger partial charge in [-0.3, -0.25) is 4.90 Å². The molecule has 34 heavy (non-hydrogen) atoms. The molecule has 3 aromatic rings. The first-order valence-electron chi connectivity index (χ1n) is 12.0. The molecule has 5 nitrogen and oxygen atoms in total. The first-order valence-corrected chi connectivity index (χ1v) is 12.0. The Morgan fingerprint density at radius 1 is 0.941 bits per heavy atom. The molecule has 1 amide bonds. The number of benzene rings is 3. The number of carbonyl (C=O) groups excluding carboxylic acids is 1. The normalized spacial score (nSPS) is 25.5. The molecule has 1 N–H and O–H groups in total. The second-order valence-electron chi connectivity index (χ2n) is 9.81.